The van der Waals surface area contributed by atoms with Crippen molar-refractivity contribution in [3.63, 3.8) is 0 Å². The minimum Gasteiger partial charge on any atom is -0.426 e. The Hall–Kier alpha value is -1.74. The normalized spacial score (nSPS) is 12.8. The molecule has 0 aliphatic rings. The Balaban J connectivity index is 2.25. The van der Waals surface area contributed by atoms with E-state index in [1.165, 1.54) is 0 Å². The van der Waals surface area contributed by atoms with Crippen molar-refractivity contribution in [2.24, 2.45) is 0 Å². The van der Waals surface area contributed by atoms with Gasteiger partial charge in [-0.2, -0.15) is 0 Å². The van der Waals surface area contributed by atoms with Gasteiger partial charge in [0.25, 0.3) is 5.91 Å². The van der Waals surface area contributed by atoms with Crippen LogP contribution in [0.3, 0.4) is 0 Å². The van der Waals surface area contributed by atoms with Crippen molar-refractivity contribution in [2.75, 3.05) is 0 Å². The van der Waals surface area contributed by atoms with Gasteiger partial charge in [0.1, 0.15) is 10.2 Å². The van der Waals surface area contributed by atoms with Crippen molar-refractivity contribution in [3.05, 3.63) is 76.5 Å². The van der Waals surface area contributed by atoms with Crippen LogP contribution in [0.5, 0.6) is 5.75 Å². The zero-order valence-electron chi connectivity index (χ0n) is 11.3. The summed E-state index contributed by atoms with van der Waals surface area (Å²) in [7, 11) is -3.74. The SMILES string of the molecule is O=C(N[P@@](=O)(C=C(Cl)Cl)Oc1ccccc1)c1ccccc1. The van der Waals surface area contributed by atoms with E-state index in [1.54, 1.807) is 60.7 Å². The molecule has 1 atom stereocenters. The third kappa shape index (κ3) is 4.92. The molecular weight excluding hydrogens is 344 g/mol. The average Bonchev–Trinajstić information content (AvgIpc) is 2.47. The molecule has 0 fully saturated rings. The molecule has 7 heteroatoms. The van der Waals surface area contributed by atoms with Gasteiger partial charge in [-0.1, -0.05) is 59.6 Å². The first-order valence-corrected chi connectivity index (χ1v) is 8.69. The summed E-state index contributed by atoms with van der Waals surface area (Å²) in [6.45, 7) is 0. The lowest BCUT2D eigenvalue weighted by Gasteiger charge is -2.17. The Morgan fingerprint density at radius 1 is 1.00 bits per heavy atom. The summed E-state index contributed by atoms with van der Waals surface area (Å²) < 4.78 is 17.9. The molecule has 22 heavy (non-hydrogen) atoms. The predicted molar refractivity (Wildman–Crippen MR) is 88.4 cm³/mol. The average molecular weight is 356 g/mol. The molecular formula is C15H12Cl2NO3P. The van der Waals surface area contributed by atoms with Crippen LogP contribution in [0, 0.1) is 0 Å². The Morgan fingerprint density at radius 2 is 1.55 bits per heavy atom. The minimum atomic E-state index is -3.74. The summed E-state index contributed by atoms with van der Waals surface area (Å²) in [4.78, 5) is 12.2. The fourth-order valence-electron chi connectivity index (χ4n) is 1.64. The highest BCUT2D eigenvalue weighted by atomic mass is 35.5. The maximum Gasteiger partial charge on any atom is 0.369 e. The molecule has 2 aromatic rings. The first-order valence-electron chi connectivity index (χ1n) is 6.24. The van der Waals surface area contributed by atoms with E-state index in [1.807, 2.05) is 0 Å². The van der Waals surface area contributed by atoms with Gasteiger partial charge in [0.15, 0.2) is 0 Å². The van der Waals surface area contributed by atoms with Crippen molar-refractivity contribution in [3.8, 4) is 5.75 Å². The highest BCUT2D eigenvalue weighted by Crippen LogP contribution is 2.46. The Labute approximate surface area is 138 Å². The van der Waals surface area contributed by atoms with Crippen LogP contribution in [0.15, 0.2) is 71.0 Å². The van der Waals surface area contributed by atoms with Crippen molar-refractivity contribution in [1.29, 1.82) is 0 Å². The minimum absolute atomic E-state index is 0.257. The number of benzene rings is 2. The molecule has 0 aromatic heterocycles. The second-order valence-electron chi connectivity index (χ2n) is 4.23. The van der Waals surface area contributed by atoms with E-state index in [2.05, 4.69) is 5.09 Å². The van der Waals surface area contributed by atoms with E-state index in [-0.39, 0.29) is 4.49 Å². The van der Waals surface area contributed by atoms with Gasteiger partial charge in [0, 0.05) is 5.56 Å². The van der Waals surface area contributed by atoms with Crippen LogP contribution in [0.25, 0.3) is 0 Å². The molecule has 0 bridgehead atoms. The molecule has 0 heterocycles. The molecule has 0 radical (unpaired) electrons. The largest absolute Gasteiger partial charge is 0.426 e. The molecule has 0 saturated heterocycles. The molecule has 0 spiro atoms. The van der Waals surface area contributed by atoms with E-state index in [0.717, 1.165) is 5.82 Å². The second kappa shape index (κ2) is 7.50. The highest BCUT2D eigenvalue weighted by Gasteiger charge is 2.26. The smallest absolute Gasteiger partial charge is 0.369 e. The molecule has 114 valence electrons. The molecule has 0 aliphatic carbocycles. The van der Waals surface area contributed by atoms with Crippen molar-refractivity contribution >= 4 is 36.6 Å². The van der Waals surface area contributed by atoms with Gasteiger partial charge in [0.05, 0.1) is 5.82 Å². The van der Waals surface area contributed by atoms with Gasteiger partial charge in [-0.05, 0) is 24.3 Å². The number of para-hydroxylation sites is 1. The number of rotatable bonds is 5. The molecule has 2 rings (SSSR count). The van der Waals surface area contributed by atoms with Crippen LogP contribution in [-0.2, 0) is 4.57 Å². The van der Waals surface area contributed by atoms with E-state index in [4.69, 9.17) is 27.7 Å². The number of hydrogen-bond acceptors (Lipinski definition) is 3. The van der Waals surface area contributed by atoms with Crippen molar-refractivity contribution in [1.82, 2.24) is 5.09 Å². The summed E-state index contributed by atoms with van der Waals surface area (Å²) in [5.41, 5.74) is 0.346. The number of carbonyl (C=O) groups is 1. The van der Waals surface area contributed by atoms with Crippen molar-refractivity contribution < 1.29 is 13.9 Å². The van der Waals surface area contributed by atoms with Crippen molar-refractivity contribution in [2.45, 2.75) is 0 Å². The first-order chi connectivity index (χ1) is 10.5. The summed E-state index contributed by atoms with van der Waals surface area (Å²) >= 11 is 11.2. The van der Waals surface area contributed by atoms with E-state index in [0.29, 0.717) is 11.3 Å². The standard InChI is InChI=1S/C15H12Cl2NO3P/c16-14(17)11-22(20,21-13-9-5-2-6-10-13)18-15(19)12-7-3-1-4-8-12/h1-11H,(H,18,19,20)/t22-/m1/s1. The number of hydrogen-bond donors (Lipinski definition) is 1. The van der Waals surface area contributed by atoms with E-state index >= 15 is 0 Å². The van der Waals surface area contributed by atoms with E-state index in [9.17, 15) is 9.36 Å². The zero-order chi connectivity index (χ0) is 16.0. The maximum atomic E-state index is 12.8. The van der Waals surface area contributed by atoms with Crippen LogP contribution in [-0.4, -0.2) is 5.91 Å². The predicted octanol–water partition coefficient (Wildman–Crippen LogP) is 4.97. The zero-order valence-corrected chi connectivity index (χ0v) is 13.7. The first kappa shape index (κ1) is 16.6. The van der Waals surface area contributed by atoms with Gasteiger partial charge < -0.3 is 4.52 Å². The monoisotopic (exact) mass is 355 g/mol. The molecule has 0 saturated carbocycles. The lowest BCUT2D eigenvalue weighted by molar-refractivity contribution is 0.0978. The third-order valence-electron chi connectivity index (χ3n) is 2.55. The summed E-state index contributed by atoms with van der Waals surface area (Å²) in [6, 6.07) is 16.8. The number of carbonyl (C=O) groups excluding carboxylic acids is 1. The molecule has 0 unspecified atom stereocenters. The quantitative estimate of drug-likeness (QED) is 0.770. The van der Waals surface area contributed by atoms with Gasteiger partial charge in [-0.15, -0.1) is 0 Å². The second-order valence-corrected chi connectivity index (χ2v) is 7.09. The fraction of sp³-hybridized carbons (Fsp3) is 0. The van der Waals surface area contributed by atoms with Gasteiger partial charge in [-0.25, -0.2) is 4.57 Å². The Bertz CT molecular complexity index is 716. The number of nitrogens with one attached hydrogen (secondary N) is 1. The molecule has 0 aliphatic heterocycles. The maximum absolute atomic E-state index is 12.8. The Morgan fingerprint density at radius 3 is 2.09 bits per heavy atom. The molecule has 4 nitrogen and oxygen atoms in total. The fourth-order valence-corrected chi connectivity index (χ4v) is 3.68. The van der Waals surface area contributed by atoms with Crippen LogP contribution in [0.1, 0.15) is 10.4 Å². The van der Waals surface area contributed by atoms with Crippen LogP contribution >= 0.6 is 30.7 Å². The van der Waals surface area contributed by atoms with E-state index < -0.39 is 13.4 Å². The van der Waals surface area contributed by atoms with Crippen LogP contribution in [0.2, 0.25) is 0 Å². The molecule has 1 amide bonds. The molecule has 1 N–H and O–H groups in total. The van der Waals surface area contributed by atoms with Gasteiger partial charge in [0.2, 0.25) is 0 Å². The molecule has 2 aromatic carbocycles. The lowest BCUT2D eigenvalue weighted by atomic mass is 10.2. The highest BCUT2D eigenvalue weighted by molar-refractivity contribution is 7.61. The Kier molecular flexibility index (Phi) is 5.67. The number of halogens is 2. The van der Waals surface area contributed by atoms with Gasteiger partial charge >= 0.3 is 7.52 Å². The topological polar surface area (TPSA) is 55.4 Å². The summed E-state index contributed by atoms with van der Waals surface area (Å²) in [5.74, 6) is 0.764. The van der Waals surface area contributed by atoms with Crippen LogP contribution < -0.4 is 9.61 Å². The number of amides is 1. The third-order valence-corrected chi connectivity index (χ3v) is 4.66. The summed E-state index contributed by atoms with van der Waals surface area (Å²) in [5, 5.41) is 2.34. The summed E-state index contributed by atoms with van der Waals surface area (Å²) in [6.07, 6.45) is 0. The van der Waals surface area contributed by atoms with Gasteiger partial charge in [-0.3, -0.25) is 9.88 Å². The lowest BCUT2D eigenvalue weighted by Crippen LogP contribution is -2.22. The van der Waals surface area contributed by atoms with Crippen LogP contribution in [0.4, 0.5) is 0 Å².